The molecule has 2 aromatic carbocycles. The molecule has 23 heavy (non-hydrogen) atoms. The molecule has 2 heterocycles. The third-order valence-electron chi connectivity index (χ3n) is 4.84. The Morgan fingerprint density at radius 2 is 1.78 bits per heavy atom. The Balaban J connectivity index is 1.55. The third-order valence-corrected chi connectivity index (χ3v) is 6.72. The molecule has 2 atom stereocenters. The summed E-state index contributed by atoms with van der Waals surface area (Å²) in [7, 11) is -3.44. The Hall–Kier alpha value is -1.69. The minimum Gasteiger partial charge on any atom is -0.359 e. The van der Waals surface area contributed by atoms with E-state index in [0.29, 0.717) is 24.4 Å². The summed E-state index contributed by atoms with van der Waals surface area (Å²) in [6, 6.07) is 17.1. The van der Waals surface area contributed by atoms with Crippen LogP contribution < -0.4 is 0 Å². The number of sulfonamides is 1. The van der Waals surface area contributed by atoms with Crippen LogP contribution in [0.25, 0.3) is 0 Å². The number of hydrogen-bond acceptors (Lipinski definition) is 3. The summed E-state index contributed by atoms with van der Waals surface area (Å²) in [6.45, 7) is 2.86. The molecule has 120 valence electrons. The molecular formula is C18H19NO3S. The number of fused-ring (bicyclic) bond motifs is 1. The van der Waals surface area contributed by atoms with E-state index in [1.165, 1.54) is 0 Å². The van der Waals surface area contributed by atoms with Crippen LogP contribution in [0.4, 0.5) is 0 Å². The van der Waals surface area contributed by atoms with Crippen LogP contribution in [-0.2, 0) is 20.4 Å². The zero-order valence-electron chi connectivity index (χ0n) is 13.0. The highest BCUT2D eigenvalue weighted by atomic mass is 32.2. The van der Waals surface area contributed by atoms with E-state index in [1.54, 1.807) is 16.4 Å². The second-order valence-electron chi connectivity index (χ2n) is 6.29. The Kier molecular flexibility index (Phi) is 3.34. The quantitative estimate of drug-likeness (QED) is 0.814. The number of nitrogens with zero attached hydrogens (tertiary/aromatic N) is 1. The third kappa shape index (κ3) is 2.40. The molecule has 0 bridgehead atoms. The average molecular weight is 329 g/mol. The second-order valence-corrected chi connectivity index (χ2v) is 8.23. The Morgan fingerprint density at radius 3 is 2.43 bits per heavy atom. The molecule has 4 rings (SSSR count). The van der Waals surface area contributed by atoms with Crippen LogP contribution in [0.1, 0.15) is 17.5 Å². The standard InChI is InChI=1S/C18H19NO3S/c1-14-7-9-16(10-8-14)23(20,21)19-12-11-18(17(13-19)22-18)15-5-3-2-4-6-15/h2-10,17H,11-13H2,1H3/t17-,18-/m1/s1. The van der Waals surface area contributed by atoms with Gasteiger partial charge in [-0.05, 0) is 31.0 Å². The van der Waals surface area contributed by atoms with E-state index < -0.39 is 10.0 Å². The topological polar surface area (TPSA) is 49.9 Å². The van der Waals surface area contributed by atoms with E-state index in [-0.39, 0.29) is 11.7 Å². The Labute approximate surface area is 136 Å². The molecule has 0 aromatic heterocycles. The number of epoxide rings is 1. The van der Waals surface area contributed by atoms with Crippen molar-refractivity contribution in [1.82, 2.24) is 4.31 Å². The van der Waals surface area contributed by atoms with Crippen molar-refractivity contribution < 1.29 is 13.2 Å². The van der Waals surface area contributed by atoms with Crippen molar-refractivity contribution in [2.24, 2.45) is 0 Å². The van der Waals surface area contributed by atoms with E-state index in [0.717, 1.165) is 11.1 Å². The van der Waals surface area contributed by atoms with Crippen LogP contribution in [-0.4, -0.2) is 31.9 Å². The number of piperidine rings is 1. The monoisotopic (exact) mass is 329 g/mol. The van der Waals surface area contributed by atoms with E-state index in [4.69, 9.17) is 4.74 Å². The molecule has 0 N–H and O–H groups in total. The molecule has 0 aliphatic carbocycles. The first kappa shape index (κ1) is 14.9. The highest BCUT2D eigenvalue weighted by Gasteiger charge is 2.61. The smallest absolute Gasteiger partial charge is 0.243 e. The second kappa shape index (κ2) is 5.16. The summed E-state index contributed by atoms with van der Waals surface area (Å²) < 4.78 is 33.0. The van der Waals surface area contributed by atoms with Crippen LogP contribution in [0.15, 0.2) is 59.5 Å². The van der Waals surface area contributed by atoms with Gasteiger partial charge in [-0.15, -0.1) is 0 Å². The van der Waals surface area contributed by atoms with E-state index in [9.17, 15) is 8.42 Å². The molecule has 2 fully saturated rings. The molecule has 0 amide bonds. The van der Waals surface area contributed by atoms with Gasteiger partial charge >= 0.3 is 0 Å². The number of rotatable bonds is 3. The van der Waals surface area contributed by atoms with Gasteiger partial charge in [-0.3, -0.25) is 0 Å². The van der Waals surface area contributed by atoms with Gasteiger partial charge in [0.05, 0.1) is 4.90 Å². The van der Waals surface area contributed by atoms with Crippen molar-refractivity contribution in [3.8, 4) is 0 Å². The lowest BCUT2D eigenvalue weighted by Gasteiger charge is -2.28. The normalized spacial score (nSPS) is 27.4. The summed E-state index contributed by atoms with van der Waals surface area (Å²) in [4.78, 5) is 0.357. The van der Waals surface area contributed by atoms with Crippen molar-refractivity contribution in [2.75, 3.05) is 13.1 Å². The van der Waals surface area contributed by atoms with E-state index in [1.807, 2.05) is 37.3 Å². The minimum absolute atomic E-state index is 0.0427. The van der Waals surface area contributed by atoms with Gasteiger partial charge < -0.3 is 4.74 Å². The summed E-state index contributed by atoms with van der Waals surface area (Å²) in [6.07, 6.45) is 0.658. The molecule has 2 aliphatic heterocycles. The van der Waals surface area contributed by atoms with Gasteiger partial charge in [0, 0.05) is 13.1 Å². The molecule has 4 nitrogen and oxygen atoms in total. The maximum atomic E-state index is 12.8. The van der Waals surface area contributed by atoms with Crippen LogP contribution in [0.5, 0.6) is 0 Å². The molecular weight excluding hydrogens is 310 g/mol. The molecule has 2 aromatic rings. The van der Waals surface area contributed by atoms with Gasteiger partial charge in [-0.25, -0.2) is 8.42 Å². The molecule has 0 saturated carbocycles. The highest BCUT2D eigenvalue weighted by Crippen LogP contribution is 2.52. The van der Waals surface area contributed by atoms with Gasteiger partial charge in [-0.1, -0.05) is 48.0 Å². The predicted molar refractivity (Wildman–Crippen MR) is 87.5 cm³/mol. The van der Waals surface area contributed by atoms with Gasteiger partial charge in [0.15, 0.2) is 0 Å². The van der Waals surface area contributed by atoms with Crippen LogP contribution in [0.3, 0.4) is 0 Å². The molecule has 0 spiro atoms. The summed E-state index contributed by atoms with van der Waals surface area (Å²) in [5.41, 5.74) is 1.93. The molecule has 2 saturated heterocycles. The first-order valence-corrected chi connectivity index (χ1v) is 9.26. The number of ether oxygens (including phenoxy) is 1. The zero-order valence-corrected chi connectivity index (χ0v) is 13.8. The van der Waals surface area contributed by atoms with Crippen molar-refractivity contribution in [2.45, 2.75) is 29.9 Å². The first-order valence-electron chi connectivity index (χ1n) is 7.82. The van der Waals surface area contributed by atoms with Crippen molar-refractivity contribution in [3.63, 3.8) is 0 Å². The summed E-state index contributed by atoms with van der Waals surface area (Å²) in [5.74, 6) is 0. The molecule has 5 heteroatoms. The average Bonchev–Trinajstić information content (AvgIpc) is 3.31. The SMILES string of the molecule is Cc1ccc(S(=O)(=O)N2CC[C@]3(c4ccccc4)O[C@@H]3C2)cc1. The van der Waals surface area contributed by atoms with Crippen LogP contribution in [0.2, 0.25) is 0 Å². The number of benzene rings is 2. The summed E-state index contributed by atoms with van der Waals surface area (Å²) >= 11 is 0. The fourth-order valence-electron chi connectivity index (χ4n) is 3.39. The first-order chi connectivity index (χ1) is 11.0. The number of aryl methyl sites for hydroxylation is 1. The largest absolute Gasteiger partial charge is 0.359 e. The fourth-order valence-corrected chi connectivity index (χ4v) is 4.83. The maximum absolute atomic E-state index is 12.8. The number of hydrogen-bond donors (Lipinski definition) is 0. The lowest BCUT2D eigenvalue weighted by atomic mass is 9.90. The lowest BCUT2D eigenvalue weighted by Crippen LogP contribution is -2.42. The van der Waals surface area contributed by atoms with E-state index >= 15 is 0 Å². The van der Waals surface area contributed by atoms with Crippen molar-refractivity contribution in [1.29, 1.82) is 0 Å². The van der Waals surface area contributed by atoms with Gasteiger partial charge in [0.2, 0.25) is 10.0 Å². The lowest BCUT2D eigenvalue weighted by molar-refractivity contribution is 0.287. The van der Waals surface area contributed by atoms with Gasteiger partial charge in [0.25, 0.3) is 0 Å². The summed E-state index contributed by atoms with van der Waals surface area (Å²) in [5, 5.41) is 0. The Bertz CT molecular complexity index is 817. The molecule has 2 aliphatic rings. The minimum atomic E-state index is -3.44. The van der Waals surface area contributed by atoms with Crippen molar-refractivity contribution >= 4 is 10.0 Å². The molecule has 0 radical (unpaired) electrons. The fraction of sp³-hybridized carbons (Fsp3) is 0.333. The maximum Gasteiger partial charge on any atom is 0.243 e. The predicted octanol–water partition coefficient (Wildman–Crippen LogP) is 2.68. The molecule has 0 unspecified atom stereocenters. The van der Waals surface area contributed by atoms with Crippen LogP contribution in [0, 0.1) is 6.92 Å². The van der Waals surface area contributed by atoms with Crippen LogP contribution >= 0.6 is 0 Å². The van der Waals surface area contributed by atoms with Gasteiger partial charge in [0.1, 0.15) is 11.7 Å². The van der Waals surface area contributed by atoms with E-state index in [2.05, 4.69) is 12.1 Å². The van der Waals surface area contributed by atoms with Crippen molar-refractivity contribution in [3.05, 3.63) is 65.7 Å². The zero-order chi connectivity index (χ0) is 16.1. The highest BCUT2D eigenvalue weighted by molar-refractivity contribution is 7.89. The van der Waals surface area contributed by atoms with Gasteiger partial charge in [-0.2, -0.15) is 4.31 Å². The Morgan fingerprint density at radius 1 is 1.09 bits per heavy atom.